The number of carbonyl (C=O) groups excluding carboxylic acids is 3. The third kappa shape index (κ3) is 3.18. The molecule has 3 N–H and O–H groups in total. The molecule has 2 heterocycles. The molecule has 7 nitrogen and oxygen atoms in total. The Morgan fingerprint density at radius 2 is 2.17 bits per heavy atom. The van der Waals surface area contributed by atoms with Crippen LogP contribution in [0, 0.1) is 0 Å². The van der Waals surface area contributed by atoms with Gasteiger partial charge in [0.15, 0.2) is 0 Å². The topological polar surface area (TPSA) is 98.7 Å². The van der Waals surface area contributed by atoms with Gasteiger partial charge in [-0.2, -0.15) is 0 Å². The molecule has 1 aromatic rings. The molecule has 0 spiro atoms. The van der Waals surface area contributed by atoms with Gasteiger partial charge < -0.3 is 15.3 Å². The van der Waals surface area contributed by atoms with Crippen LogP contribution in [0.4, 0.5) is 0 Å². The van der Waals surface area contributed by atoms with Gasteiger partial charge in [-0.25, -0.2) is 0 Å². The molecule has 0 aliphatic carbocycles. The number of fused-ring (bicyclic) bond motifs is 1. The van der Waals surface area contributed by atoms with E-state index in [4.69, 9.17) is 5.11 Å². The lowest BCUT2D eigenvalue weighted by Crippen LogP contribution is -2.52. The zero-order valence-corrected chi connectivity index (χ0v) is 13.5. The minimum absolute atomic E-state index is 0.000133. The van der Waals surface area contributed by atoms with Crippen LogP contribution >= 0.6 is 0 Å². The van der Waals surface area contributed by atoms with Crippen molar-refractivity contribution in [1.29, 1.82) is 0 Å². The van der Waals surface area contributed by atoms with Crippen molar-refractivity contribution < 1.29 is 19.5 Å². The average Bonchev–Trinajstić information content (AvgIpc) is 2.89. The molecule has 128 valence electrons. The summed E-state index contributed by atoms with van der Waals surface area (Å²) in [6.07, 6.45) is 0.623. The first-order valence-electron chi connectivity index (χ1n) is 8.10. The lowest BCUT2D eigenvalue weighted by molar-refractivity contribution is -0.136. The van der Waals surface area contributed by atoms with Crippen molar-refractivity contribution in [1.82, 2.24) is 15.5 Å². The van der Waals surface area contributed by atoms with E-state index in [-0.39, 0.29) is 30.9 Å². The van der Waals surface area contributed by atoms with Crippen LogP contribution in [0.25, 0.3) is 0 Å². The first kappa shape index (κ1) is 16.6. The molecule has 24 heavy (non-hydrogen) atoms. The second kappa shape index (κ2) is 6.70. The summed E-state index contributed by atoms with van der Waals surface area (Å²) in [5.41, 5.74) is 2.52. The highest BCUT2D eigenvalue weighted by Gasteiger charge is 2.38. The molecule has 0 radical (unpaired) electrons. The van der Waals surface area contributed by atoms with Crippen LogP contribution in [0.3, 0.4) is 0 Å². The highest BCUT2D eigenvalue weighted by molar-refractivity contribution is 6.05. The number of imide groups is 1. The number of nitrogens with one attached hydrogen (secondary N) is 2. The number of aliphatic hydroxyl groups excluding tert-OH is 1. The van der Waals surface area contributed by atoms with Crippen LogP contribution < -0.4 is 10.6 Å². The van der Waals surface area contributed by atoms with Crippen molar-refractivity contribution in [3.05, 3.63) is 34.9 Å². The summed E-state index contributed by atoms with van der Waals surface area (Å²) in [6.45, 7) is 2.93. The molecule has 2 aliphatic heterocycles. The summed E-state index contributed by atoms with van der Waals surface area (Å²) >= 11 is 0. The fraction of sp³-hybridized carbons (Fsp3) is 0.471. The predicted molar refractivity (Wildman–Crippen MR) is 85.9 cm³/mol. The molecule has 0 aromatic heterocycles. The van der Waals surface area contributed by atoms with Gasteiger partial charge in [0.25, 0.3) is 5.91 Å². The molecule has 3 amide bonds. The van der Waals surface area contributed by atoms with E-state index in [0.29, 0.717) is 25.1 Å². The fourth-order valence-electron chi connectivity index (χ4n) is 3.09. The Morgan fingerprint density at radius 1 is 1.38 bits per heavy atom. The summed E-state index contributed by atoms with van der Waals surface area (Å²) in [5.74, 6) is -0.847. The van der Waals surface area contributed by atoms with Gasteiger partial charge in [0, 0.05) is 31.1 Å². The molecule has 0 saturated carbocycles. The number of piperidine rings is 1. The number of rotatable bonds is 5. The fourth-order valence-corrected chi connectivity index (χ4v) is 3.09. The largest absolute Gasteiger partial charge is 0.395 e. The maximum atomic E-state index is 12.6. The van der Waals surface area contributed by atoms with E-state index in [2.05, 4.69) is 10.6 Å². The second-order valence-corrected chi connectivity index (χ2v) is 6.36. The summed E-state index contributed by atoms with van der Waals surface area (Å²) < 4.78 is 0. The molecule has 3 rings (SSSR count). The molecular weight excluding hydrogens is 310 g/mol. The summed E-state index contributed by atoms with van der Waals surface area (Å²) in [4.78, 5) is 37.4. The van der Waals surface area contributed by atoms with Crippen LogP contribution in [0.15, 0.2) is 18.2 Å². The van der Waals surface area contributed by atoms with Crippen LogP contribution in [0.5, 0.6) is 0 Å². The van der Waals surface area contributed by atoms with Gasteiger partial charge in [0.05, 0.1) is 6.61 Å². The molecule has 1 aromatic carbocycles. The SMILES string of the molecule is C[C@H](CO)NCc1ccc2c(c1)CN(C1CCC(=O)NC1=O)C2=O. The summed E-state index contributed by atoms with van der Waals surface area (Å²) in [5, 5.41) is 14.5. The lowest BCUT2D eigenvalue weighted by Gasteiger charge is -2.29. The molecule has 1 unspecified atom stereocenters. The molecule has 2 aliphatic rings. The molecular formula is C17H21N3O4. The minimum atomic E-state index is -0.585. The number of carbonyl (C=O) groups is 3. The van der Waals surface area contributed by atoms with Crippen molar-refractivity contribution in [2.45, 2.75) is 44.9 Å². The van der Waals surface area contributed by atoms with Gasteiger partial charge in [-0.15, -0.1) is 0 Å². The van der Waals surface area contributed by atoms with Crippen molar-refractivity contribution >= 4 is 17.7 Å². The Kier molecular flexibility index (Phi) is 4.64. The van der Waals surface area contributed by atoms with Crippen LogP contribution in [-0.4, -0.2) is 46.4 Å². The Balaban J connectivity index is 1.73. The van der Waals surface area contributed by atoms with Gasteiger partial charge >= 0.3 is 0 Å². The number of aliphatic hydroxyl groups is 1. The van der Waals surface area contributed by atoms with Gasteiger partial charge in [-0.1, -0.05) is 12.1 Å². The molecule has 0 bridgehead atoms. The Bertz CT molecular complexity index is 688. The number of amides is 3. The second-order valence-electron chi connectivity index (χ2n) is 6.36. The Labute approximate surface area is 140 Å². The third-order valence-corrected chi connectivity index (χ3v) is 4.52. The van der Waals surface area contributed by atoms with E-state index in [0.717, 1.165) is 11.1 Å². The highest BCUT2D eigenvalue weighted by atomic mass is 16.3. The number of benzene rings is 1. The van der Waals surface area contributed by atoms with Crippen molar-refractivity contribution in [2.75, 3.05) is 6.61 Å². The van der Waals surface area contributed by atoms with Crippen molar-refractivity contribution in [3.63, 3.8) is 0 Å². The summed E-state index contributed by atoms with van der Waals surface area (Å²) in [6, 6.07) is 5.03. The smallest absolute Gasteiger partial charge is 0.255 e. The van der Waals surface area contributed by atoms with Gasteiger partial charge in [0.1, 0.15) is 6.04 Å². The van der Waals surface area contributed by atoms with Crippen LogP contribution in [0.2, 0.25) is 0 Å². The molecule has 7 heteroatoms. The maximum absolute atomic E-state index is 12.6. The number of hydrogen-bond acceptors (Lipinski definition) is 5. The first-order chi connectivity index (χ1) is 11.5. The monoisotopic (exact) mass is 331 g/mol. The van der Waals surface area contributed by atoms with Gasteiger partial charge in [-0.3, -0.25) is 19.7 Å². The molecule has 2 atom stereocenters. The van der Waals surface area contributed by atoms with Crippen LogP contribution in [0.1, 0.15) is 41.3 Å². The highest BCUT2D eigenvalue weighted by Crippen LogP contribution is 2.28. The van der Waals surface area contributed by atoms with Crippen LogP contribution in [-0.2, 0) is 22.7 Å². The van der Waals surface area contributed by atoms with E-state index in [1.165, 1.54) is 0 Å². The minimum Gasteiger partial charge on any atom is -0.395 e. The maximum Gasteiger partial charge on any atom is 0.255 e. The molecule has 1 saturated heterocycles. The number of hydrogen-bond donors (Lipinski definition) is 3. The third-order valence-electron chi connectivity index (χ3n) is 4.52. The van der Waals surface area contributed by atoms with E-state index in [9.17, 15) is 14.4 Å². The van der Waals surface area contributed by atoms with E-state index in [1.807, 2.05) is 19.1 Å². The average molecular weight is 331 g/mol. The normalized spacial score (nSPS) is 21.7. The quantitative estimate of drug-likeness (QED) is 0.656. The Morgan fingerprint density at radius 3 is 2.88 bits per heavy atom. The van der Waals surface area contributed by atoms with Gasteiger partial charge in [0.2, 0.25) is 11.8 Å². The van der Waals surface area contributed by atoms with E-state index in [1.54, 1.807) is 11.0 Å². The zero-order chi connectivity index (χ0) is 17.3. The number of nitrogens with zero attached hydrogens (tertiary/aromatic N) is 1. The first-order valence-corrected chi connectivity index (χ1v) is 8.10. The lowest BCUT2D eigenvalue weighted by atomic mass is 10.0. The van der Waals surface area contributed by atoms with Crippen molar-refractivity contribution in [3.8, 4) is 0 Å². The molecule has 1 fully saturated rings. The van der Waals surface area contributed by atoms with E-state index < -0.39 is 11.9 Å². The van der Waals surface area contributed by atoms with Gasteiger partial charge in [-0.05, 0) is 30.5 Å². The standard InChI is InChI=1S/C17H21N3O4/c1-10(9-21)18-7-11-2-3-13-12(6-11)8-20(17(13)24)14-4-5-15(22)19-16(14)23/h2-3,6,10,14,18,21H,4-5,7-9H2,1H3,(H,19,22,23)/t10-,14?/m1/s1. The predicted octanol–water partition coefficient (Wildman–Crippen LogP) is -0.0820. The zero-order valence-electron chi connectivity index (χ0n) is 13.5. The van der Waals surface area contributed by atoms with Crippen molar-refractivity contribution in [2.24, 2.45) is 0 Å². The summed E-state index contributed by atoms with van der Waals surface area (Å²) in [7, 11) is 0. The van der Waals surface area contributed by atoms with E-state index >= 15 is 0 Å². The Hall–Kier alpha value is -2.25.